The highest BCUT2D eigenvalue weighted by molar-refractivity contribution is 5.48. The second kappa shape index (κ2) is 6.77. The number of rotatable bonds is 5. The minimum absolute atomic E-state index is 0.255. The first-order chi connectivity index (χ1) is 10.0. The predicted molar refractivity (Wildman–Crippen MR) is 92.2 cm³/mol. The van der Waals surface area contributed by atoms with Crippen LogP contribution in [0.25, 0.3) is 0 Å². The minimum atomic E-state index is 0.255. The molecule has 0 saturated carbocycles. The molecule has 2 aromatic carbocycles. The number of hydrogen-bond acceptors (Lipinski definition) is 2. The monoisotopic (exact) mass is 282 g/mol. The van der Waals surface area contributed by atoms with Gasteiger partial charge in [0.15, 0.2) is 0 Å². The fourth-order valence-electron chi connectivity index (χ4n) is 2.54. The van der Waals surface area contributed by atoms with Crippen LogP contribution in [-0.4, -0.2) is 20.6 Å². The second-order valence-corrected chi connectivity index (χ2v) is 5.82. The van der Waals surface area contributed by atoms with Crippen molar-refractivity contribution in [3.8, 4) is 0 Å². The molecule has 0 saturated heterocycles. The number of aryl methyl sites for hydroxylation is 2. The van der Waals surface area contributed by atoms with Crippen LogP contribution in [0.3, 0.4) is 0 Å². The highest BCUT2D eigenvalue weighted by atomic mass is 15.1. The summed E-state index contributed by atoms with van der Waals surface area (Å²) in [4.78, 5) is 2.13. The highest BCUT2D eigenvalue weighted by Crippen LogP contribution is 2.25. The SMILES string of the molecule is CCNC(c1ccc(N(C)C)cc1)c1ccc(C)c(C)c1. The summed E-state index contributed by atoms with van der Waals surface area (Å²) in [6, 6.07) is 15.8. The molecule has 2 rings (SSSR count). The van der Waals surface area contributed by atoms with Crippen molar-refractivity contribution in [3.05, 3.63) is 64.7 Å². The Balaban J connectivity index is 2.35. The van der Waals surface area contributed by atoms with Crippen LogP contribution in [0.2, 0.25) is 0 Å². The summed E-state index contributed by atoms with van der Waals surface area (Å²) in [6.45, 7) is 7.44. The lowest BCUT2D eigenvalue weighted by atomic mass is 9.95. The third-order valence-corrected chi connectivity index (χ3v) is 4.02. The number of hydrogen-bond donors (Lipinski definition) is 1. The molecule has 2 nitrogen and oxygen atoms in total. The van der Waals surface area contributed by atoms with E-state index in [0.29, 0.717) is 0 Å². The van der Waals surface area contributed by atoms with Gasteiger partial charge in [-0.15, -0.1) is 0 Å². The molecule has 0 aliphatic rings. The van der Waals surface area contributed by atoms with Gasteiger partial charge in [0.2, 0.25) is 0 Å². The van der Waals surface area contributed by atoms with Crippen LogP contribution >= 0.6 is 0 Å². The van der Waals surface area contributed by atoms with Crippen LogP contribution in [0, 0.1) is 13.8 Å². The standard InChI is InChI=1S/C19H26N2/c1-6-20-19(17-8-7-14(2)15(3)13-17)16-9-11-18(12-10-16)21(4)5/h7-13,19-20H,6H2,1-5H3. The Morgan fingerprint density at radius 1 is 0.905 bits per heavy atom. The van der Waals surface area contributed by atoms with E-state index in [0.717, 1.165) is 6.54 Å². The lowest BCUT2D eigenvalue weighted by molar-refractivity contribution is 0.630. The molecule has 0 aliphatic carbocycles. The third kappa shape index (κ3) is 3.64. The zero-order valence-electron chi connectivity index (χ0n) is 13.8. The van der Waals surface area contributed by atoms with Crippen LogP contribution in [-0.2, 0) is 0 Å². The first-order valence-electron chi connectivity index (χ1n) is 7.60. The molecule has 0 spiro atoms. The van der Waals surface area contributed by atoms with Crippen LogP contribution in [0.5, 0.6) is 0 Å². The maximum atomic E-state index is 3.60. The molecule has 0 aromatic heterocycles. The summed E-state index contributed by atoms with van der Waals surface area (Å²) in [5.74, 6) is 0. The lowest BCUT2D eigenvalue weighted by Crippen LogP contribution is -2.22. The topological polar surface area (TPSA) is 15.3 Å². The maximum Gasteiger partial charge on any atom is 0.0576 e. The van der Waals surface area contributed by atoms with Crippen molar-refractivity contribution in [2.24, 2.45) is 0 Å². The fourth-order valence-corrected chi connectivity index (χ4v) is 2.54. The van der Waals surface area contributed by atoms with E-state index >= 15 is 0 Å². The molecule has 112 valence electrons. The average molecular weight is 282 g/mol. The first kappa shape index (κ1) is 15.6. The van der Waals surface area contributed by atoms with Gasteiger partial charge in [0.05, 0.1) is 6.04 Å². The van der Waals surface area contributed by atoms with Gasteiger partial charge in [-0.2, -0.15) is 0 Å². The van der Waals surface area contributed by atoms with Crippen molar-refractivity contribution in [1.29, 1.82) is 0 Å². The van der Waals surface area contributed by atoms with Crippen LogP contribution < -0.4 is 10.2 Å². The number of anilines is 1. The molecule has 1 atom stereocenters. The van der Waals surface area contributed by atoms with E-state index < -0.39 is 0 Å². The van der Waals surface area contributed by atoms with Gasteiger partial charge >= 0.3 is 0 Å². The molecule has 1 N–H and O–H groups in total. The zero-order chi connectivity index (χ0) is 15.4. The van der Waals surface area contributed by atoms with Gasteiger partial charge in [-0.3, -0.25) is 0 Å². The zero-order valence-corrected chi connectivity index (χ0v) is 13.8. The Kier molecular flexibility index (Phi) is 5.03. The molecule has 21 heavy (non-hydrogen) atoms. The number of benzene rings is 2. The van der Waals surface area contributed by atoms with Gasteiger partial charge in [0, 0.05) is 19.8 Å². The van der Waals surface area contributed by atoms with Crippen molar-refractivity contribution < 1.29 is 0 Å². The highest BCUT2D eigenvalue weighted by Gasteiger charge is 2.13. The fraction of sp³-hybridized carbons (Fsp3) is 0.368. The molecule has 0 heterocycles. The van der Waals surface area contributed by atoms with Crippen molar-refractivity contribution in [2.45, 2.75) is 26.8 Å². The lowest BCUT2D eigenvalue weighted by Gasteiger charge is -2.21. The molecule has 2 aromatic rings. The van der Waals surface area contributed by atoms with E-state index in [2.05, 4.69) is 87.5 Å². The van der Waals surface area contributed by atoms with E-state index in [4.69, 9.17) is 0 Å². The number of nitrogens with one attached hydrogen (secondary N) is 1. The predicted octanol–water partition coefficient (Wildman–Crippen LogP) is 4.07. The molecule has 0 aliphatic heterocycles. The van der Waals surface area contributed by atoms with Crippen molar-refractivity contribution in [3.63, 3.8) is 0 Å². The Morgan fingerprint density at radius 3 is 2.05 bits per heavy atom. The second-order valence-electron chi connectivity index (χ2n) is 5.82. The molecule has 0 amide bonds. The van der Waals surface area contributed by atoms with Crippen molar-refractivity contribution >= 4 is 5.69 Å². The molecule has 0 fully saturated rings. The normalized spacial score (nSPS) is 12.2. The molecule has 2 heteroatoms. The molecular weight excluding hydrogens is 256 g/mol. The van der Waals surface area contributed by atoms with Gasteiger partial charge in [-0.25, -0.2) is 0 Å². The Hall–Kier alpha value is -1.80. The molecule has 0 bridgehead atoms. The Labute approximate surface area is 128 Å². The summed E-state index contributed by atoms with van der Waals surface area (Å²) in [7, 11) is 4.14. The van der Waals surface area contributed by atoms with Crippen LogP contribution in [0.15, 0.2) is 42.5 Å². The van der Waals surface area contributed by atoms with E-state index in [9.17, 15) is 0 Å². The van der Waals surface area contributed by atoms with E-state index in [-0.39, 0.29) is 6.04 Å². The van der Waals surface area contributed by atoms with Gasteiger partial charge in [-0.05, 0) is 54.8 Å². The van der Waals surface area contributed by atoms with Crippen LogP contribution in [0.4, 0.5) is 5.69 Å². The average Bonchev–Trinajstić information content (AvgIpc) is 2.48. The summed E-state index contributed by atoms with van der Waals surface area (Å²) >= 11 is 0. The van der Waals surface area contributed by atoms with E-state index in [1.807, 2.05) is 0 Å². The molecule has 1 unspecified atom stereocenters. The maximum absolute atomic E-state index is 3.60. The van der Waals surface area contributed by atoms with Gasteiger partial charge in [-0.1, -0.05) is 37.3 Å². The quantitative estimate of drug-likeness (QED) is 0.889. The number of nitrogens with zero attached hydrogens (tertiary/aromatic N) is 1. The van der Waals surface area contributed by atoms with E-state index in [1.165, 1.54) is 27.9 Å². The summed E-state index contributed by atoms with van der Waals surface area (Å²) in [5.41, 5.74) is 6.56. The van der Waals surface area contributed by atoms with Gasteiger partial charge < -0.3 is 10.2 Å². The van der Waals surface area contributed by atoms with Crippen LogP contribution in [0.1, 0.15) is 35.2 Å². The summed E-state index contributed by atoms with van der Waals surface area (Å²) in [6.07, 6.45) is 0. The van der Waals surface area contributed by atoms with Crippen molar-refractivity contribution in [1.82, 2.24) is 5.32 Å². The van der Waals surface area contributed by atoms with Gasteiger partial charge in [0.1, 0.15) is 0 Å². The summed E-state index contributed by atoms with van der Waals surface area (Å²) < 4.78 is 0. The smallest absolute Gasteiger partial charge is 0.0576 e. The minimum Gasteiger partial charge on any atom is -0.378 e. The Morgan fingerprint density at radius 2 is 1.52 bits per heavy atom. The first-order valence-corrected chi connectivity index (χ1v) is 7.60. The molecular formula is C19H26N2. The Bertz CT molecular complexity index is 585. The third-order valence-electron chi connectivity index (χ3n) is 4.02. The van der Waals surface area contributed by atoms with E-state index in [1.54, 1.807) is 0 Å². The van der Waals surface area contributed by atoms with Gasteiger partial charge in [0.25, 0.3) is 0 Å². The molecule has 0 radical (unpaired) electrons. The summed E-state index contributed by atoms with van der Waals surface area (Å²) in [5, 5.41) is 3.60. The van der Waals surface area contributed by atoms with Crippen molar-refractivity contribution in [2.75, 3.05) is 25.5 Å². The largest absolute Gasteiger partial charge is 0.378 e.